The van der Waals surface area contributed by atoms with E-state index in [0.717, 1.165) is 38.0 Å². The van der Waals surface area contributed by atoms with Crippen molar-refractivity contribution >= 4 is 11.7 Å². The van der Waals surface area contributed by atoms with E-state index in [1.165, 1.54) is 16.7 Å². The van der Waals surface area contributed by atoms with Crippen LogP contribution in [0, 0.1) is 35.5 Å². The fraction of sp³-hybridized carbons (Fsp3) is 0.367. The lowest BCUT2D eigenvalue weighted by molar-refractivity contribution is -0.117. The minimum absolute atomic E-state index is 0.00668. The normalized spacial score (nSPS) is 20.5. The Morgan fingerprint density at radius 2 is 1.84 bits per heavy atom. The predicted octanol–water partition coefficient (Wildman–Crippen LogP) is 4.12. The molecule has 1 amide bonds. The van der Waals surface area contributed by atoms with E-state index >= 15 is 0 Å². The van der Waals surface area contributed by atoms with Gasteiger partial charge in [0.25, 0.3) is 0 Å². The van der Waals surface area contributed by atoms with Crippen molar-refractivity contribution < 1.29 is 4.79 Å². The van der Waals surface area contributed by atoms with E-state index in [1.807, 2.05) is 16.9 Å². The molecule has 0 unspecified atom stereocenters. The molecule has 1 aliphatic carbocycles. The molecule has 2 aromatic carbocycles. The predicted molar refractivity (Wildman–Crippen MR) is 144 cm³/mol. The standard InChI is InChI=1S/C30H32N6O/c1-2-23-18-27(23)29(37)33-28-26(19-32)21-36(34-28)30(12-15-31)13-16-35(17-14-30)20-22-8-10-25(11-9-22)24-6-4-3-5-7-24/h1,3-11,21,23,27H,12-14,16-20,32H2,(H,33,34,37)/t23-,27-/m0/s1. The van der Waals surface area contributed by atoms with Gasteiger partial charge in [0, 0.05) is 43.9 Å². The first-order valence-corrected chi connectivity index (χ1v) is 12.8. The van der Waals surface area contributed by atoms with Crippen molar-refractivity contribution in [1.82, 2.24) is 14.7 Å². The largest absolute Gasteiger partial charge is 0.326 e. The highest BCUT2D eigenvalue weighted by atomic mass is 16.2. The van der Waals surface area contributed by atoms with Crippen molar-refractivity contribution in [3.05, 3.63) is 71.9 Å². The number of nitriles is 1. The summed E-state index contributed by atoms with van der Waals surface area (Å²) in [5, 5.41) is 17.3. The van der Waals surface area contributed by atoms with Crippen molar-refractivity contribution in [3.63, 3.8) is 0 Å². The molecule has 37 heavy (non-hydrogen) atoms. The molecule has 3 aromatic rings. The summed E-state index contributed by atoms with van der Waals surface area (Å²) in [6, 6.07) is 21.5. The van der Waals surface area contributed by atoms with Gasteiger partial charge in [-0.15, -0.1) is 12.3 Å². The maximum absolute atomic E-state index is 12.6. The van der Waals surface area contributed by atoms with E-state index in [9.17, 15) is 10.1 Å². The second-order valence-corrected chi connectivity index (χ2v) is 10.2. The zero-order chi connectivity index (χ0) is 25.8. The van der Waals surface area contributed by atoms with Crippen molar-refractivity contribution in [2.45, 2.75) is 44.3 Å². The number of piperidine rings is 1. The van der Waals surface area contributed by atoms with Crippen molar-refractivity contribution in [2.24, 2.45) is 17.6 Å². The van der Waals surface area contributed by atoms with Gasteiger partial charge >= 0.3 is 0 Å². The van der Waals surface area contributed by atoms with Gasteiger partial charge < -0.3 is 11.1 Å². The Kier molecular flexibility index (Phi) is 7.10. The van der Waals surface area contributed by atoms with Crippen LogP contribution >= 0.6 is 0 Å². The number of hydrogen-bond acceptors (Lipinski definition) is 5. The molecule has 7 heteroatoms. The monoisotopic (exact) mass is 492 g/mol. The van der Waals surface area contributed by atoms with Crippen LogP contribution in [0.4, 0.5) is 5.82 Å². The average molecular weight is 493 g/mol. The number of nitrogens with two attached hydrogens (primary N) is 1. The Morgan fingerprint density at radius 1 is 1.14 bits per heavy atom. The van der Waals surface area contributed by atoms with E-state index in [4.69, 9.17) is 17.3 Å². The van der Waals surface area contributed by atoms with E-state index in [0.29, 0.717) is 18.7 Å². The second-order valence-electron chi connectivity index (χ2n) is 10.2. The number of carbonyl (C=O) groups is 1. The quantitative estimate of drug-likeness (QED) is 0.461. The van der Waals surface area contributed by atoms with Gasteiger partial charge in [-0.2, -0.15) is 10.4 Å². The van der Waals surface area contributed by atoms with Crippen molar-refractivity contribution in [1.29, 1.82) is 5.26 Å². The summed E-state index contributed by atoms with van der Waals surface area (Å²) in [7, 11) is 0. The Balaban J connectivity index is 1.25. The highest BCUT2D eigenvalue weighted by molar-refractivity contribution is 5.94. The zero-order valence-corrected chi connectivity index (χ0v) is 20.9. The first-order valence-electron chi connectivity index (χ1n) is 12.8. The molecule has 7 nitrogen and oxygen atoms in total. The third-order valence-electron chi connectivity index (χ3n) is 7.74. The van der Waals surface area contributed by atoms with Gasteiger partial charge in [0.15, 0.2) is 5.82 Å². The first-order chi connectivity index (χ1) is 18.0. The highest BCUT2D eigenvalue weighted by Gasteiger charge is 2.42. The van der Waals surface area contributed by atoms with Crippen LogP contribution < -0.4 is 11.1 Å². The summed E-state index contributed by atoms with van der Waals surface area (Å²) >= 11 is 0. The van der Waals surface area contributed by atoms with Crippen LogP contribution in [-0.2, 0) is 23.4 Å². The topological polar surface area (TPSA) is 100.0 Å². The number of nitrogens with zero attached hydrogens (tertiary/aromatic N) is 4. The minimum atomic E-state index is -0.420. The summed E-state index contributed by atoms with van der Waals surface area (Å²) in [4.78, 5) is 15.0. The fourth-order valence-electron chi connectivity index (χ4n) is 5.24. The van der Waals surface area contributed by atoms with Gasteiger partial charge in [-0.3, -0.25) is 14.4 Å². The molecule has 0 radical (unpaired) electrons. The second kappa shape index (κ2) is 10.6. The summed E-state index contributed by atoms with van der Waals surface area (Å²) < 4.78 is 1.88. The number of amides is 1. The molecule has 1 aliphatic heterocycles. The van der Waals surface area contributed by atoms with Crippen LogP contribution in [0.15, 0.2) is 60.8 Å². The summed E-state index contributed by atoms with van der Waals surface area (Å²) in [5.74, 6) is 2.87. The van der Waals surface area contributed by atoms with Gasteiger partial charge in [-0.05, 0) is 36.0 Å². The minimum Gasteiger partial charge on any atom is -0.326 e. The SMILES string of the molecule is C#C[C@H]1C[C@@H]1C(=O)Nc1nn(C2(CC#N)CCN(Cc3ccc(-c4ccccc4)cc3)CC2)cc1CN. The number of rotatable bonds is 8. The molecule has 0 bridgehead atoms. The van der Waals surface area contributed by atoms with Crippen LogP contribution in [0.3, 0.4) is 0 Å². The molecule has 2 atom stereocenters. The van der Waals surface area contributed by atoms with E-state index < -0.39 is 5.54 Å². The molecule has 3 N–H and O–H groups in total. The molecule has 2 heterocycles. The summed E-state index contributed by atoms with van der Waals surface area (Å²) in [6.45, 7) is 2.83. The van der Waals surface area contributed by atoms with Crippen molar-refractivity contribution in [3.8, 4) is 29.5 Å². The lowest BCUT2D eigenvalue weighted by Crippen LogP contribution is -2.46. The van der Waals surface area contributed by atoms with Gasteiger partial charge in [0.05, 0.1) is 23.9 Å². The molecule has 5 rings (SSSR count). The van der Waals surface area contributed by atoms with Crippen LogP contribution in [0.1, 0.15) is 36.8 Å². The Morgan fingerprint density at radius 3 is 2.46 bits per heavy atom. The van der Waals surface area contributed by atoms with Crippen LogP contribution in [0.2, 0.25) is 0 Å². The lowest BCUT2D eigenvalue weighted by Gasteiger charge is -2.40. The smallest absolute Gasteiger partial charge is 0.229 e. The number of likely N-dealkylation sites (tertiary alicyclic amines) is 1. The Bertz CT molecular complexity index is 1320. The number of benzene rings is 2. The number of nitrogens with one attached hydrogen (secondary N) is 1. The molecule has 2 aliphatic rings. The molecule has 1 saturated carbocycles. The third kappa shape index (κ3) is 5.29. The molecular formula is C30H32N6O. The number of terminal acetylenes is 1. The Hall–Kier alpha value is -3.91. The zero-order valence-electron chi connectivity index (χ0n) is 20.9. The maximum atomic E-state index is 12.6. The molecule has 188 valence electrons. The molecule has 2 fully saturated rings. The van der Waals surface area contributed by atoms with Crippen molar-refractivity contribution in [2.75, 3.05) is 18.4 Å². The van der Waals surface area contributed by atoms with Crippen LogP contribution in [0.25, 0.3) is 11.1 Å². The maximum Gasteiger partial charge on any atom is 0.229 e. The first kappa shape index (κ1) is 24.8. The summed E-state index contributed by atoms with van der Waals surface area (Å²) in [5.41, 5.74) is 10.0. The van der Waals surface area contributed by atoms with E-state index in [2.05, 4.69) is 70.7 Å². The van der Waals surface area contributed by atoms with Gasteiger partial charge in [0.2, 0.25) is 5.91 Å². The summed E-state index contributed by atoms with van der Waals surface area (Å²) in [6.07, 6.45) is 10.0. The van der Waals surface area contributed by atoms with E-state index in [1.54, 1.807) is 0 Å². The number of anilines is 1. The van der Waals surface area contributed by atoms with Crippen LogP contribution in [0.5, 0.6) is 0 Å². The van der Waals surface area contributed by atoms with E-state index in [-0.39, 0.29) is 24.3 Å². The molecule has 0 spiro atoms. The number of hydrogen-bond donors (Lipinski definition) is 2. The highest BCUT2D eigenvalue weighted by Crippen LogP contribution is 2.39. The molecule has 1 aromatic heterocycles. The van der Waals surface area contributed by atoms with Gasteiger partial charge in [0.1, 0.15) is 0 Å². The average Bonchev–Trinajstić information content (AvgIpc) is 3.63. The Labute approximate surface area is 218 Å². The van der Waals surface area contributed by atoms with Crippen LogP contribution in [-0.4, -0.2) is 33.7 Å². The molecule has 1 saturated heterocycles. The fourth-order valence-corrected chi connectivity index (χ4v) is 5.24. The van der Waals surface area contributed by atoms with Gasteiger partial charge in [-0.25, -0.2) is 0 Å². The third-order valence-corrected chi connectivity index (χ3v) is 7.74. The van der Waals surface area contributed by atoms with Gasteiger partial charge in [-0.1, -0.05) is 54.6 Å². The lowest BCUT2D eigenvalue weighted by atomic mass is 9.84. The molecular weight excluding hydrogens is 460 g/mol. The number of carbonyl (C=O) groups excluding carboxylic acids is 1. The number of aromatic nitrogens is 2.